The summed E-state index contributed by atoms with van der Waals surface area (Å²) >= 11 is 0. The van der Waals surface area contributed by atoms with Crippen LogP contribution in [0.4, 0.5) is 4.39 Å². The zero-order valence-electron chi connectivity index (χ0n) is 12.0. The van der Waals surface area contributed by atoms with Gasteiger partial charge in [0.2, 0.25) is 0 Å². The van der Waals surface area contributed by atoms with Crippen LogP contribution in [0, 0.1) is 5.82 Å². The van der Waals surface area contributed by atoms with E-state index in [1.165, 1.54) is 0 Å². The van der Waals surface area contributed by atoms with E-state index in [2.05, 4.69) is 4.90 Å². The van der Waals surface area contributed by atoms with Crippen LogP contribution in [0.3, 0.4) is 0 Å². The van der Waals surface area contributed by atoms with Gasteiger partial charge in [0.1, 0.15) is 11.6 Å². The van der Waals surface area contributed by atoms with Crippen LogP contribution in [0.25, 0.3) is 0 Å². The van der Waals surface area contributed by atoms with Crippen molar-refractivity contribution in [3.05, 3.63) is 66.0 Å². The quantitative estimate of drug-likeness (QED) is 0.743. The van der Waals surface area contributed by atoms with E-state index < -0.39 is 0 Å². The molecule has 2 nitrogen and oxygen atoms in total. The van der Waals surface area contributed by atoms with Gasteiger partial charge in [-0.2, -0.15) is 0 Å². The lowest BCUT2D eigenvalue weighted by Crippen LogP contribution is -2.42. The van der Waals surface area contributed by atoms with Crippen LogP contribution in [0.1, 0.15) is 24.4 Å². The van der Waals surface area contributed by atoms with Gasteiger partial charge in [-0.1, -0.05) is 36.4 Å². The highest BCUT2D eigenvalue weighted by molar-refractivity contribution is 5.23. The number of likely N-dealkylation sites (tertiary alicyclic amines) is 1. The first-order valence-corrected chi connectivity index (χ1v) is 7.51. The molecule has 0 saturated carbocycles. The van der Waals surface area contributed by atoms with Crippen LogP contribution < -0.4 is 4.74 Å². The Hall–Kier alpha value is -1.87. The third kappa shape index (κ3) is 3.42. The standard InChI is InChI=1S/C18H20FNO/c19-17-10-5-4-9-16(17)18-11-13-20(18)12-6-14-21-15-7-2-1-3-8-15/h1-5,7-10,18H,6,11-14H2/t18-/m0/s1. The van der Waals surface area contributed by atoms with Gasteiger partial charge >= 0.3 is 0 Å². The molecule has 0 unspecified atom stereocenters. The molecule has 0 spiro atoms. The Morgan fingerprint density at radius 3 is 2.52 bits per heavy atom. The van der Waals surface area contributed by atoms with Gasteiger partial charge in [0.05, 0.1) is 6.61 Å². The van der Waals surface area contributed by atoms with Gasteiger partial charge in [0, 0.05) is 24.7 Å². The van der Waals surface area contributed by atoms with Crippen LogP contribution in [-0.4, -0.2) is 24.6 Å². The molecule has 0 aliphatic carbocycles. The topological polar surface area (TPSA) is 12.5 Å². The number of nitrogens with zero attached hydrogens (tertiary/aromatic N) is 1. The third-order valence-electron chi connectivity index (χ3n) is 4.00. The Kier molecular flexibility index (Phi) is 4.51. The van der Waals surface area contributed by atoms with Crippen molar-refractivity contribution >= 4 is 0 Å². The molecule has 110 valence electrons. The van der Waals surface area contributed by atoms with Gasteiger partial charge < -0.3 is 4.74 Å². The molecule has 0 N–H and O–H groups in total. The average Bonchev–Trinajstić information content (AvgIpc) is 2.49. The number of ether oxygens (including phenoxy) is 1. The number of rotatable bonds is 6. The summed E-state index contributed by atoms with van der Waals surface area (Å²) in [4.78, 5) is 2.33. The lowest BCUT2D eigenvalue weighted by atomic mass is 9.94. The molecule has 1 atom stereocenters. The number of para-hydroxylation sites is 1. The lowest BCUT2D eigenvalue weighted by Gasteiger charge is -2.41. The van der Waals surface area contributed by atoms with Gasteiger partial charge in [-0.05, 0) is 31.0 Å². The molecule has 0 aromatic heterocycles. The summed E-state index contributed by atoms with van der Waals surface area (Å²) in [6.45, 7) is 2.70. The molecule has 2 aromatic carbocycles. The Bertz CT molecular complexity index is 572. The van der Waals surface area contributed by atoms with Crippen molar-refractivity contribution in [1.82, 2.24) is 4.90 Å². The molecule has 2 aromatic rings. The highest BCUT2D eigenvalue weighted by Crippen LogP contribution is 2.34. The summed E-state index contributed by atoms with van der Waals surface area (Å²) < 4.78 is 19.5. The van der Waals surface area contributed by atoms with Crippen molar-refractivity contribution in [3.8, 4) is 5.75 Å². The van der Waals surface area contributed by atoms with E-state index in [4.69, 9.17) is 4.74 Å². The first-order chi connectivity index (χ1) is 10.3. The van der Waals surface area contributed by atoms with E-state index in [1.807, 2.05) is 42.5 Å². The molecule has 3 rings (SSSR count). The summed E-state index contributed by atoms with van der Waals surface area (Å²) in [7, 11) is 0. The van der Waals surface area contributed by atoms with Crippen molar-refractivity contribution in [2.75, 3.05) is 19.7 Å². The molecule has 0 bridgehead atoms. The van der Waals surface area contributed by atoms with Crippen LogP contribution >= 0.6 is 0 Å². The molecule has 3 heteroatoms. The molecule has 21 heavy (non-hydrogen) atoms. The third-order valence-corrected chi connectivity index (χ3v) is 4.00. The summed E-state index contributed by atoms with van der Waals surface area (Å²) in [5, 5.41) is 0. The maximum absolute atomic E-state index is 13.8. The van der Waals surface area contributed by atoms with E-state index in [0.29, 0.717) is 6.61 Å². The first-order valence-electron chi connectivity index (χ1n) is 7.51. The highest BCUT2D eigenvalue weighted by Gasteiger charge is 2.30. The van der Waals surface area contributed by atoms with E-state index in [-0.39, 0.29) is 11.9 Å². The molecule has 0 radical (unpaired) electrons. The summed E-state index contributed by atoms with van der Waals surface area (Å²) in [5.41, 5.74) is 0.827. The zero-order chi connectivity index (χ0) is 14.5. The van der Waals surface area contributed by atoms with Gasteiger partial charge in [-0.15, -0.1) is 0 Å². The minimum atomic E-state index is -0.0901. The Balaban J connectivity index is 1.45. The summed E-state index contributed by atoms with van der Waals surface area (Å²) in [6.07, 6.45) is 2.00. The number of benzene rings is 2. The van der Waals surface area contributed by atoms with Crippen molar-refractivity contribution in [1.29, 1.82) is 0 Å². The van der Waals surface area contributed by atoms with Crippen molar-refractivity contribution in [3.63, 3.8) is 0 Å². The van der Waals surface area contributed by atoms with Gasteiger partial charge in [-0.3, -0.25) is 4.90 Å². The fourth-order valence-electron chi connectivity index (χ4n) is 2.78. The minimum Gasteiger partial charge on any atom is -0.494 e. The molecule has 1 fully saturated rings. The highest BCUT2D eigenvalue weighted by atomic mass is 19.1. The van der Waals surface area contributed by atoms with E-state index in [1.54, 1.807) is 12.1 Å². The number of hydrogen-bond acceptors (Lipinski definition) is 2. The summed E-state index contributed by atoms with van der Waals surface area (Å²) in [6, 6.07) is 17.2. The van der Waals surface area contributed by atoms with Crippen LogP contribution in [0.2, 0.25) is 0 Å². The van der Waals surface area contributed by atoms with Gasteiger partial charge in [0.25, 0.3) is 0 Å². The molecule has 0 amide bonds. The molecule has 1 aliphatic rings. The predicted molar refractivity (Wildman–Crippen MR) is 81.9 cm³/mol. The van der Waals surface area contributed by atoms with E-state index in [9.17, 15) is 4.39 Å². The molecule has 1 heterocycles. The fourth-order valence-corrected chi connectivity index (χ4v) is 2.78. The van der Waals surface area contributed by atoms with E-state index in [0.717, 1.165) is 37.2 Å². The van der Waals surface area contributed by atoms with Gasteiger partial charge in [-0.25, -0.2) is 4.39 Å². The maximum Gasteiger partial charge on any atom is 0.127 e. The predicted octanol–water partition coefficient (Wildman–Crippen LogP) is 4.04. The summed E-state index contributed by atoms with van der Waals surface area (Å²) in [5.74, 6) is 0.819. The average molecular weight is 285 g/mol. The number of hydrogen-bond donors (Lipinski definition) is 0. The Labute approximate surface area is 125 Å². The second kappa shape index (κ2) is 6.72. The molecule has 1 saturated heterocycles. The Morgan fingerprint density at radius 1 is 1.05 bits per heavy atom. The van der Waals surface area contributed by atoms with Crippen LogP contribution in [-0.2, 0) is 0 Å². The number of halogens is 1. The largest absolute Gasteiger partial charge is 0.494 e. The van der Waals surface area contributed by atoms with Crippen molar-refractivity contribution in [2.24, 2.45) is 0 Å². The van der Waals surface area contributed by atoms with Crippen molar-refractivity contribution < 1.29 is 9.13 Å². The van der Waals surface area contributed by atoms with Gasteiger partial charge in [0.15, 0.2) is 0 Å². The molecular formula is C18H20FNO. The second-order valence-corrected chi connectivity index (χ2v) is 5.38. The SMILES string of the molecule is Fc1ccccc1[C@@H]1CCN1CCCOc1ccccc1. The molecular weight excluding hydrogens is 265 g/mol. The van der Waals surface area contributed by atoms with E-state index >= 15 is 0 Å². The normalized spacial score (nSPS) is 18.2. The maximum atomic E-state index is 13.8. The Morgan fingerprint density at radius 2 is 1.81 bits per heavy atom. The zero-order valence-corrected chi connectivity index (χ0v) is 12.0. The smallest absolute Gasteiger partial charge is 0.127 e. The second-order valence-electron chi connectivity index (χ2n) is 5.38. The first kappa shape index (κ1) is 14.1. The fraction of sp³-hybridized carbons (Fsp3) is 0.333. The molecule has 1 aliphatic heterocycles. The van der Waals surface area contributed by atoms with Crippen molar-refractivity contribution in [2.45, 2.75) is 18.9 Å². The monoisotopic (exact) mass is 285 g/mol. The van der Waals surface area contributed by atoms with Crippen LogP contribution in [0.15, 0.2) is 54.6 Å². The minimum absolute atomic E-state index is 0.0901. The van der Waals surface area contributed by atoms with Crippen LogP contribution in [0.5, 0.6) is 5.75 Å². The lowest BCUT2D eigenvalue weighted by molar-refractivity contribution is 0.0809.